The average molecular weight is 372 g/mol. The molecule has 0 aliphatic rings. The van der Waals surface area contributed by atoms with E-state index in [4.69, 9.17) is 16.3 Å². The first-order chi connectivity index (χ1) is 11.5. The Kier molecular flexibility index (Phi) is 6.87. The fourth-order valence-electron chi connectivity index (χ4n) is 1.84. The maximum absolute atomic E-state index is 13.5. The molecular formula is C17H16ClF2NO2S. The van der Waals surface area contributed by atoms with Crippen LogP contribution in [0, 0.1) is 11.6 Å². The Bertz CT molecular complexity index is 715. The Labute approximate surface area is 148 Å². The van der Waals surface area contributed by atoms with Gasteiger partial charge in [-0.15, -0.1) is 11.8 Å². The molecule has 1 amide bonds. The number of amides is 1. The molecule has 1 N–H and O–H groups in total. The van der Waals surface area contributed by atoms with Crippen LogP contribution in [0.15, 0.2) is 42.5 Å². The van der Waals surface area contributed by atoms with Crippen molar-refractivity contribution in [3.63, 3.8) is 0 Å². The highest BCUT2D eigenvalue weighted by Gasteiger charge is 2.15. The van der Waals surface area contributed by atoms with Gasteiger partial charge in [0.05, 0.1) is 17.5 Å². The Hall–Kier alpha value is -1.79. The second kappa shape index (κ2) is 8.89. The first kappa shape index (κ1) is 18.5. The van der Waals surface area contributed by atoms with Crippen molar-refractivity contribution < 1.29 is 18.3 Å². The van der Waals surface area contributed by atoms with Crippen LogP contribution in [0.2, 0.25) is 5.02 Å². The summed E-state index contributed by atoms with van der Waals surface area (Å²) < 4.78 is 31.9. The summed E-state index contributed by atoms with van der Waals surface area (Å²) >= 11 is 7.23. The molecule has 3 nitrogen and oxygen atoms in total. The summed E-state index contributed by atoms with van der Waals surface area (Å²) in [5.41, 5.74) is -0.0379. The van der Waals surface area contributed by atoms with Crippen molar-refractivity contribution in [2.45, 2.75) is 12.2 Å². The van der Waals surface area contributed by atoms with Crippen LogP contribution in [0.5, 0.6) is 5.75 Å². The van der Waals surface area contributed by atoms with Crippen molar-refractivity contribution in [2.24, 2.45) is 0 Å². The Morgan fingerprint density at radius 2 is 2.08 bits per heavy atom. The highest BCUT2D eigenvalue weighted by molar-refractivity contribution is 8.00. The summed E-state index contributed by atoms with van der Waals surface area (Å²) in [6, 6.07) is 10.1. The lowest BCUT2D eigenvalue weighted by molar-refractivity contribution is -0.115. The van der Waals surface area contributed by atoms with Crippen molar-refractivity contribution >= 4 is 35.0 Å². The Morgan fingerprint density at radius 3 is 2.79 bits per heavy atom. The van der Waals surface area contributed by atoms with Gasteiger partial charge < -0.3 is 10.1 Å². The van der Waals surface area contributed by atoms with Crippen molar-refractivity contribution in [3.8, 4) is 5.75 Å². The molecule has 0 aliphatic carbocycles. The van der Waals surface area contributed by atoms with Crippen molar-refractivity contribution in [1.29, 1.82) is 0 Å². The van der Waals surface area contributed by atoms with Crippen LogP contribution in [-0.2, 0) is 4.79 Å². The molecule has 0 saturated heterocycles. The minimum Gasteiger partial charge on any atom is -0.493 e. The summed E-state index contributed by atoms with van der Waals surface area (Å²) in [6.07, 6.45) is 0. The fourth-order valence-corrected chi connectivity index (χ4v) is 2.77. The van der Waals surface area contributed by atoms with Gasteiger partial charge in [-0.1, -0.05) is 17.7 Å². The van der Waals surface area contributed by atoms with Crippen molar-refractivity contribution in [1.82, 2.24) is 0 Å². The van der Waals surface area contributed by atoms with Gasteiger partial charge in [-0.3, -0.25) is 4.79 Å². The van der Waals surface area contributed by atoms with Gasteiger partial charge in [0.2, 0.25) is 5.91 Å². The highest BCUT2D eigenvalue weighted by atomic mass is 35.5. The lowest BCUT2D eigenvalue weighted by atomic mass is 10.3. The molecule has 0 aromatic heterocycles. The number of carbonyl (C=O) groups is 1. The summed E-state index contributed by atoms with van der Waals surface area (Å²) in [7, 11) is 0. The molecule has 0 saturated carbocycles. The van der Waals surface area contributed by atoms with E-state index in [0.717, 1.165) is 12.1 Å². The average Bonchev–Trinajstić information content (AvgIpc) is 2.54. The van der Waals surface area contributed by atoms with Gasteiger partial charge >= 0.3 is 0 Å². The molecule has 24 heavy (non-hydrogen) atoms. The maximum Gasteiger partial charge on any atom is 0.237 e. The van der Waals surface area contributed by atoms with Gasteiger partial charge in [-0.2, -0.15) is 0 Å². The smallest absolute Gasteiger partial charge is 0.237 e. The van der Waals surface area contributed by atoms with Crippen LogP contribution in [0.25, 0.3) is 0 Å². The first-order valence-electron chi connectivity index (χ1n) is 7.21. The van der Waals surface area contributed by atoms with Gasteiger partial charge in [0.1, 0.15) is 17.4 Å². The minimum atomic E-state index is -0.801. The molecule has 0 aliphatic heterocycles. The van der Waals surface area contributed by atoms with Crippen LogP contribution in [0.3, 0.4) is 0 Å². The van der Waals surface area contributed by atoms with Gasteiger partial charge in [0.15, 0.2) is 0 Å². The molecule has 0 bridgehead atoms. The number of rotatable bonds is 7. The largest absolute Gasteiger partial charge is 0.493 e. The molecular weight excluding hydrogens is 356 g/mol. The number of ether oxygens (including phenoxy) is 1. The lowest BCUT2D eigenvalue weighted by Gasteiger charge is -2.13. The van der Waals surface area contributed by atoms with E-state index in [-0.39, 0.29) is 11.6 Å². The van der Waals surface area contributed by atoms with E-state index < -0.39 is 16.9 Å². The molecule has 2 aromatic carbocycles. The molecule has 2 rings (SSSR count). The lowest BCUT2D eigenvalue weighted by Crippen LogP contribution is -2.24. The third kappa shape index (κ3) is 5.69. The highest BCUT2D eigenvalue weighted by Crippen LogP contribution is 2.20. The van der Waals surface area contributed by atoms with Gasteiger partial charge in [0.25, 0.3) is 0 Å². The van der Waals surface area contributed by atoms with Gasteiger partial charge in [-0.05, 0) is 37.3 Å². The number of benzene rings is 2. The first-order valence-corrected chi connectivity index (χ1v) is 8.64. The SMILES string of the molecule is CC(SCCOc1cccc(Cl)c1)C(=O)Nc1ccc(F)cc1F. The fraction of sp³-hybridized carbons (Fsp3) is 0.235. The summed E-state index contributed by atoms with van der Waals surface area (Å²) in [4.78, 5) is 12.0. The maximum atomic E-state index is 13.5. The number of hydrogen-bond acceptors (Lipinski definition) is 3. The van der Waals surface area contributed by atoms with Gasteiger partial charge in [0, 0.05) is 16.8 Å². The molecule has 0 heterocycles. The standard InChI is InChI=1S/C17H16ClF2NO2S/c1-11(17(22)21-16-6-5-13(19)10-15(16)20)24-8-7-23-14-4-2-3-12(18)9-14/h2-6,9-11H,7-8H2,1H3,(H,21,22). The third-order valence-corrected chi connectivity index (χ3v) is 4.43. The topological polar surface area (TPSA) is 38.3 Å². The van der Waals surface area contributed by atoms with E-state index >= 15 is 0 Å². The van der Waals surface area contributed by atoms with E-state index in [0.29, 0.717) is 23.1 Å². The summed E-state index contributed by atoms with van der Waals surface area (Å²) in [5, 5.41) is 2.63. The van der Waals surface area contributed by atoms with Crippen molar-refractivity contribution in [2.75, 3.05) is 17.7 Å². The van der Waals surface area contributed by atoms with Gasteiger partial charge in [-0.25, -0.2) is 8.78 Å². The van der Waals surface area contributed by atoms with E-state index in [1.807, 2.05) is 0 Å². The number of halogens is 3. The zero-order valence-corrected chi connectivity index (χ0v) is 14.5. The minimum absolute atomic E-state index is 0.0379. The van der Waals surface area contributed by atoms with Crippen LogP contribution in [0.1, 0.15) is 6.92 Å². The summed E-state index contributed by atoms with van der Waals surface area (Å²) in [5.74, 6) is -0.606. The number of carbonyl (C=O) groups excluding carboxylic acids is 1. The Morgan fingerprint density at radius 1 is 1.29 bits per heavy atom. The molecule has 7 heteroatoms. The zero-order valence-electron chi connectivity index (χ0n) is 12.9. The van der Waals surface area contributed by atoms with Crippen molar-refractivity contribution in [3.05, 3.63) is 59.1 Å². The Balaban J connectivity index is 1.75. The molecule has 0 spiro atoms. The van der Waals surface area contributed by atoms with Crippen LogP contribution < -0.4 is 10.1 Å². The van der Waals surface area contributed by atoms with E-state index in [2.05, 4.69) is 5.32 Å². The number of hydrogen-bond donors (Lipinski definition) is 1. The van der Waals surface area contributed by atoms with E-state index in [9.17, 15) is 13.6 Å². The second-order valence-electron chi connectivity index (χ2n) is 4.93. The van der Waals surface area contributed by atoms with Crippen LogP contribution >= 0.6 is 23.4 Å². The third-order valence-electron chi connectivity index (χ3n) is 3.07. The number of nitrogens with one attached hydrogen (secondary N) is 1. The van der Waals surface area contributed by atoms with E-state index in [1.165, 1.54) is 17.8 Å². The number of thioether (sulfide) groups is 1. The number of anilines is 1. The molecule has 2 aromatic rings. The zero-order chi connectivity index (χ0) is 17.5. The second-order valence-corrected chi connectivity index (χ2v) is 6.82. The van der Waals surface area contributed by atoms with Crippen LogP contribution in [0.4, 0.5) is 14.5 Å². The predicted molar refractivity (Wildman–Crippen MR) is 93.9 cm³/mol. The predicted octanol–water partition coefficient (Wildman–Crippen LogP) is 4.76. The molecule has 128 valence electrons. The molecule has 1 unspecified atom stereocenters. The molecule has 0 fully saturated rings. The van der Waals surface area contributed by atoms with Crippen LogP contribution in [-0.4, -0.2) is 23.5 Å². The monoisotopic (exact) mass is 371 g/mol. The quantitative estimate of drug-likeness (QED) is 0.713. The van der Waals surface area contributed by atoms with E-state index in [1.54, 1.807) is 31.2 Å². The molecule has 0 radical (unpaired) electrons. The summed E-state index contributed by atoms with van der Waals surface area (Å²) in [6.45, 7) is 2.12. The normalized spacial score (nSPS) is 11.8. The molecule has 1 atom stereocenters.